The van der Waals surface area contributed by atoms with Crippen LogP contribution in [0.1, 0.15) is 5.56 Å². The van der Waals surface area contributed by atoms with E-state index in [-0.39, 0.29) is 5.75 Å². The van der Waals surface area contributed by atoms with E-state index in [0.29, 0.717) is 20.5 Å². The van der Waals surface area contributed by atoms with Gasteiger partial charge in [0.1, 0.15) is 5.75 Å². The van der Waals surface area contributed by atoms with E-state index in [1.165, 1.54) is 0 Å². The molecule has 0 bridgehead atoms. The molecule has 0 heterocycles. The fraction of sp³-hybridized carbons (Fsp3) is 0.0769. The number of nitrogens with one attached hydrogen (secondary N) is 1. The summed E-state index contributed by atoms with van der Waals surface area (Å²) in [5.74, 6) is 0.206. The molecule has 0 unspecified atom stereocenters. The fourth-order valence-electron chi connectivity index (χ4n) is 1.53. The molecule has 100 valence electrons. The van der Waals surface area contributed by atoms with Gasteiger partial charge in [0.05, 0.1) is 14.0 Å². The van der Waals surface area contributed by atoms with E-state index < -0.39 is 0 Å². The van der Waals surface area contributed by atoms with E-state index >= 15 is 0 Å². The fourth-order valence-corrected chi connectivity index (χ4v) is 3.31. The lowest BCUT2D eigenvalue weighted by atomic mass is 10.2. The maximum absolute atomic E-state index is 9.65. The van der Waals surface area contributed by atoms with Gasteiger partial charge in [-0.2, -0.15) is 0 Å². The van der Waals surface area contributed by atoms with Crippen molar-refractivity contribution in [1.29, 1.82) is 0 Å². The number of benzene rings is 2. The first-order valence-corrected chi connectivity index (χ1v) is 8.09. The van der Waals surface area contributed by atoms with Crippen molar-refractivity contribution < 1.29 is 5.11 Å². The average Bonchev–Trinajstić information content (AvgIpc) is 2.37. The van der Waals surface area contributed by atoms with Crippen molar-refractivity contribution in [3.63, 3.8) is 0 Å². The summed E-state index contributed by atoms with van der Waals surface area (Å²) in [5, 5.41) is 13.6. The Bertz CT molecular complexity index is 596. The highest BCUT2D eigenvalue weighted by Crippen LogP contribution is 2.33. The predicted molar refractivity (Wildman–Crippen MR) is 90.0 cm³/mol. The van der Waals surface area contributed by atoms with Crippen LogP contribution in [0.2, 0.25) is 5.02 Å². The Balaban J connectivity index is 2.12. The Morgan fingerprint density at radius 2 is 1.63 bits per heavy atom. The van der Waals surface area contributed by atoms with Gasteiger partial charge in [-0.25, -0.2) is 0 Å². The van der Waals surface area contributed by atoms with Crippen LogP contribution >= 0.6 is 59.4 Å². The van der Waals surface area contributed by atoms with Gasteiger partial charge in [-0.05, 0) is 83.7 Å². The second-order valence-electron chi connectivity index (χ2n) is 3.89. The third kappa shape index (κ3) is 3.88. The van der Waals surface area contributed by atoms with Gasteiger partial charge in [-0.3, -0.25) is 0 Å². The molecule has 0 saturated carbocycles. The SMILES string of the molecule is Oc1c(Br)cc(CNc2ccc(Cl)c(Br)c2)cc1Br. The topological polar surface area (TPSA) is 32.3 Å². The number of hydrogen-bond acceptors (Lipinski definition) is 2. The van der Waals surface area contributed by atoms with Crippen LogP contribution in [0.15, 0.2) is 43.7 Å². The zero-order valence-corrected chi connectivity index (χ0v) is 15.1. The van der Waals surface area contributed by atoms with Gasteiger partial charge >= 0.3 is 0 Å². The summed E-state index contributed by atoms with van der Waals surface area (Å²) < 4.78 is 2.18. The van der Waals surface area contributed by atoms with Crippen LogP contribution < -0.4 is 5.32 Å². The lowest BCUT2D eigenvalue weighted by Gasteiger charge is -2.09. The second kappa shape index (κ2) is 6.48. The maximum atomic E-state index is 9.65. The summed E-state index contributed by atoms with van der Waals surface area (Å²) in [6.07, 6.45) is 0. The van der Waals surface area contributed by atoms with Crippen molar-refractivity contribution in [3.05, 3.63) is 54.3 Å². The minimum atomic E-state index is 0.206. The standard InChI is InChI=1S/C13H9Br3ClNO/c14-9-5-8(1-2-12(9)17)18-6-7-3-10(15)13(19)11(16)4-7/h1-5,18-19H,6H2. The van der Waals surface area contributed by atoms with Crippen molar-refractivity contribution in [1.82, 2.24) is 0 Å². The normalized spacial score (nSPS) is 10.5. The van der Waals surface area contributed by atoms with Crippen LogP contribution in [0.4, 0.5) is 5.69 Å². The highest BCUT2D eigenvalue weighted by atomic mass is 79.9. The molecule has 2 aromatic carbocycles. The second-order valence-corrected chi connectivity index (χ2v) is 6.86. The van der Waals surface area contributed by atoms with Crippen molar-refractivity contribution in [2.24, 2.45) is 0 Å². The molecule has 0 aliphatic carbocycles. The van der Waals surface area contributed by atoms with Crippen LogP contribution in [-0.2, 0) is 6.54 Å². The number of phenols is 1. The van der Waals surface area contributed by atoms with Gasteiger partial charge in [0.2, 0.25) is 0 Å². The first kappa shape index (κ1) is 15.2. The molecule has 0 radical (unpaired) electrons. The largest absolute Gasteiger partial charge is 0.506 e. The predicted octanol–water partition coefficient (Wildman–Crippen LogP) is 5.95. The van der Waals surface area contributed by atoms with Crippen LogP contribution in [-0.4, -0.2) is 5.11 Å². The van der Waals surface area contributed by atoms with Crippen molar-refractivity contribution >= 4 is 65.1 Å². The minimum Gasteiger partial charge on any atom is -0.506 e. The van der Waals surface area contributed by atoms with Gasteiger partial charge in [0.15, 0.2) is 0 Å². The van der Waals surface area contributed by atoms with E-state index in [1.807, 2.05) is 30.3 Å². The summed E-state index contributed by atoms with van der Waals surface area (Å²) in [5.41, 5.74) is 2.01. The van der Waals surface area contributed by atoms with Crippen LogP contribution in [0.3, 0.4) is 0 Å². The smallest absolute Gasteiger partial charge is 0.143 e. The molecule has 2 nitrogen and oxygen atoms in total. The maximum Gasteiger partial charge on any atom is 0.143 e. The molecule has 2 rings (SSSR count). The van der Waals surface area contributed by atoms with Gasteiger partial charge in [-0.1, -0.05) is 11.6 Å². The van der Waals surface area contributed by atoms with Gasteiger partial charge in [0.25, 0.3) is 0 Å². The highest BCUT2D eigenvalue weighted by Gasteiger charge is 2.06. The lowest BCUT2D eigenvalue weighted by Crippen LogP contribution is -1.99. The van der Waals surface area contributed by atoms with Crippen LogP contribution in [0.25, 0.3) is 0 Å². The third-order valence-corrected chi connectivity index (χ3v) is 4.92. The van der Waals surface area contributed by atoms with Crippen molar-refractivity contribution in [2.45, 2.75) is 6.54 Å². The third-order valence-electron chi connectivity index (χ3n) is 2.49. The molecule has 0 aromatic heterocycles. The summed E-state index contributed by atoms with van der Waals surface area (Å²) in [6.45, 7) is 0.644. The lowest BCUT2D eigenvalue weighted by molar-refractivity contribution is 0.468. The molecule has 0 aliphatic heterocycles. The summed E-state index contributed by atoms with van der Waals surface area (Å²) >= 11 is 16.0. The molecular weight excluding hydrogens is 461 g/mol. The first-order chi connectivity index (χ1) is 8.97. The van der Waals surface area contributed by atoms with E-state index in [1.54, 1.807) is 0 Å². The van der Waals surface area contributed by atoms with Crippen molar-refractivity contribution in [3.8, 4) is 5.75 Å². The number of phenolic OH excluding ortho intramolecular Hbond substituents is 1. The molecule has 19 heavy (non-hydrogen) atoms. The summed E-state index contributed by atoms with van der Waals surface area (Å²) in [4.78, 5) is 0. The zero-order chi connectivity index (χ0) is 14.0. The Labute approximate surface area is 141 Å². The molecule has 0 aliphatic rings. The molecular formula is C13H9Br3ClNO. The van der Waals surface area contributed by atoms with E-state index in [0.717, 1.165) is 15.7 Å². The van der Waals surface area contributed by atoms with E-state index in [2.05, 4.69) is 53.1 Å². The number of hydrogen-bond donors (Lipinski definition) is 2. The number of rotatable bonds is 3. The van der Waals surface area contributed by atoms with Crippen LogP contribution in [0, 0.1) is 0 Å². The molecule has 6 heteroatoms. The average molecular weight is 470 g/mol. The van der Waals surface area contributed by atoms with Crippen molar-refractivity contribution in [2.75, 3.05) is 5.32 Å². The Hall–Kier alpha value is -0.230. The number of anilines is 1. The van der Waals surface area contributed by atoms with Gasteiger partial charge < -0.3 is 10.4 Å². The van der Waals surface area contributed by atoms with Crippen LogP contribution in [0.5, 0.6) is 5.75 Å². The van der Waals surface area contributed by atoms with E-state index in [4.69, 9.17) is 11.6 Å². The van der Waals surface area contributed by atoms with Gasteiger partial charge in [-0.15, -0.1) is 0 Å². The number of aromatic hydroxyl groups is 1. The first-order valence-electron chi connectivity index (χ1n) is 5.33. The Morgan fingerprint density at radius 1 is 1.00 bits per heavy atom. The molecule has 2 N–H and O–H groups in total. The van der Waals surface area contributed by atoms with E-state index in [9.17, 15) is 5.11 Å². The van der Waals surface area contributed by atoms with Gasteiger partial charge in [0, 0.05) is 16.7 Å². The number of halogens is 4. The monoisotopic (exact) mass is 467 g/mol. The minimum absolute atomic E-state index is 0.206. The molecule has 2 aromatic rings. The summed E-state index contributed by atoms with van der Waals surface area (Å²) in [7, 11) is 0. The molecule has 0 amide bonds. The molecule has 0 spiro atoms. The zero-order valence-electron chi connectivity index (χ0n) is 9.55. The molecule has 0 fully saturated rings. The molecule has 0 saturated heterocycles. The highest BCUT2D eigenvalue weighted by molar-refractivity contribution is 9.11. The Morgan fingerprint density at radius 3 is 2.21 bits per heavy atom. The Kier molecular flexibility index (Phi) is 5.17. The molecule has 0 atom stereocenters. The summed E-state index contributed by atoms with van der Waals surface area (Å²) in [6, 6.07) is 9.41. The quantitative estimate of drug-likeness (QED) is 0.582.